The molecule has 4 heteroatoms. The SMILES string of the molecule is Cc1ccc(C2=N[C@H](c3cccnc3)N[C@H](c3ccccc3O)C2)cc1. The zero-order valence-corrected chi connectivity index (χ0v) is 14.6. The molecule has 0 radical (unpaired) electrons. The van der Waals surface area contributed by atoms with Crippen LogP contribution < -0.4 is 5.32 Å². The van der Waals surface area contributed by atoms with Gasteiger partial charge in [-0.3, -0.25) is 15.3 Å². The van der Waals surface area contributed by atoms with Crippen molar-refractivity contribution < 1.29 is 5.11 Å². The molecule has 0 saturated heterocycles. The van der Waals surface area contributed by atoms with Gasteiger partial charge in [-0.15, -0.1) is 0 Å². The summed E-state index contributed by atoms with van der Waals surface area (Å²) in [4.78, 5) is 9.17. The van der Waals surface area contributed by atoms with E-state index in [1.807, 2.05) is 36.5 Å². The number of aryl methyl sites for hydroxylation is 1. The molecular weight excluding hydrogens is 322 g/mol. The van der Waals surface area contributed by atoms with Crippen LogP contribution in [0.25, 0.3) is 0 Å². The van der Waals surface area contributed by atoms with Gasteiger partial charge in [0, 0.05) is 41.7 Å². The van der Waals surface area contributed by atoms with Crippen LogP contribution in [-0.4, -0.2) is 15.8 Å². The Morgan fingerprint density at radius 1 is 1.00 bits per heavy atom. The Hall–Kier alpha value is -2.98. The van der Waals surface area contributed by atoms with Gasteiger partial charge in [0.15, 0.2) is 0 Å². The maximum absolute atomic E-state index is 10.3. The van der Waals surface area contributed by atoms with E-state index in [1.54, 1.807) is 12.3 Å². The molecule has 3 aromatic rings. The average molecular weight is 343 g/mol. The molecule has 4 rings (SSSR count). The van der Waals surface area contributed by atoms with Crippen LogP contribution in [0.5, 0.6) is 5.75 Å². The van der Waals surface area contributed by atoms with Crippen LogP contribution in [0.2, 0.25) is 0 Å². The molecule has 0 saturated carbocycles. The van der Waals surface area contributed by atoms with Crippen molar-refractivity contribution in [3.8, 4) is 5.75 Å². The summed E-state index contributed by atoms with van der Waals surface area (Å²) in [6, 6.07) is 19.8. The maximum Gasteiger partial charge on any atom is 0.127 e. The molecule has 130 valence electrons. The number of aromatic hydroxyl groups is 1. The highest BCUT2D eigenvalue weighted by Gasteiger charge is 2.27. The predicted molar refractivity (Wildman–Crippen MR) is 103 cm³/mol. The Balaban J connectivity index is 1.75. The van der Waals surface area contributed by atoms with Gasteiger partial charge in [-0.25, -0.2) is 0 Å². The van der Waals surface area contributed by atoms with Crippen molar-refractivity contribution in [1.29, 1.82) is 0 Å². The first kappa shape index (κ1) is 16.5. The third kappa shape index (κ3) is 3.37. The first-order chi connectivity index (χ1) is 12.7. The number of aromatic nitrogens is 1. The van der Waals surface area contributed by atoms with E-state index in [4.69, 9.17) is 4.99 Å². The summed E-state index contributed by atoms with van der Waals surface area (Å²) in [5.74, 6) is 0.306. The van der Waals surface area contributed by atoms with E-state index < -0.39 is 0 Å². The van der Waals surface area contributed by atoms with Crippen molar-refractivity contribution in [3.63, 3.8) is 0 Å². The van der Waals surface area contributed by atoms with E-state index in [9.17, 15) is 5.11 Å². The normalized spacial score (nSPS) is 19.8. The molecule has 26 heavy (non-hydrogen) atoms. The second-order valence-electron chi connectivity index (χ2n) is 6.61. The summed E-state index contributed by atoms with van der Waals surface area (Å²) in [6.07, 6.45) is 4.12. The van der Waals surface area contributed by atoms with Crippen molar-refractivity contribution in [1.82, 2.24) is 10.3 Å². The third-order valence-electron chi connectivity index (χ3n) is 4.74. The van der Waals surface area contributed by atoms with Gasteiger partial charge in [0.1, 0.15) is 11.9 Å². The molecule has 1 aliphatic heterocycles. The van der Waals surface area contributed by atoms with E-state index in [0.717, 1.165) is 28.8 Å². The summed E-state index contributed by atoms with van der Waals surface area (Å²) < 4.78 is 0. The number of hydrogen-bond donors (Lipinski definition) is 2. The Kier molecular flexibility index (Phi) is 4.50. The Morgan fingerprint density at radius 2 is 1.81 bits per heavy atom. The highest BCUT2D eigenvalue weighted by atomic mass is 16.3. The smallest absolute Gasteiger partial charge is 0.127 e. The minimum absolute atomic E-state index is 0.0183. The first-order valence-electron chi connectivity index (χ1n) is 8.78. The second-order valence-corrected chi connectivity index (χ2v) is 6.61. The molecule has 0 unspecified atom stereocenters. The largest absolute Gasteiger partial charge is 0.508 e. The number of phenols is 1. The molecule has 2 N–H and O–H groups in total. The topological polar surface area (TPSA) is 57.5 Å². The first-order valence-corrected chi connectivity index (χ1v) is 8.78. The number of hydrogen-bond acceptors (Lipinski definition) is 4. The van der Waals surface area contributed by atoms with E-state index in [2.05, 4.69) is 41.5 Å². The van der Waals surface area contributed by atoms with Crippen LogP contribution in [0.4, 0.5) is 0 Å². The fraction of sp³-hybridized carbons (Fsp3) is 0.182. The van der Waals surface area contributed by atoms with Crippen molar-refractivity contribution in [2.75, 3.05) is 0 Å². The van der Waals surface area contributed by atoms with Crippen molar-refractivity contribution in [3.05, 3.63) is 95.3 Å². The zero-order valence-electron chi connectivity index (χ0n) is 14.6. The van der Waals surface area contributed by atoms with Gasteiger partial charge >= 0.3 is 0 Å². The molecule has 1 aromatic heterocycles. The number of phenolic OH excluding ortho intramolecular Hbond substituents is 1. The van der Waals surface area contributed by atoms with Gasteiger partial charge in [-0.2, -0.15) is 0 Å². The standard InChI is InChI=1S/C22H21N3O/c1-15-8-10-16(11-9-15)19-13-20(18-6-2-3-7-21(18)26)25-22(24-19)17-5-4-12-23-14-17/h2-12,14,20,22,25-26H,13H2,1H3/t20-,22-/m0/s1. The fourth-order valence-corrected chi connectivity index (χ4v) is 3.32. The Bertz CT molecular complexity index is 920. The molecule has 2 aromatic carbocycles. The van der Waals surface area contributed by atoms with Gasteiger partial charge < -0.3 is 5.11 Å². The second kappa shape index (κ2) is 7.10. The summed E-state index contributed by atoms with van der Waals surface area (Å²) in [5.41, 5.74) is 5.28. The van der Waals surface area contributed by atoms with Gasteiger partial charge in [0.2, 0.25) is 0 Å². The molecule has 0 bridgehead atoms. The monoisotopic (exact) mass is 343 g/mol. The molecule has 2 atom stereocenters. The number of aliphatic imine (C=N–C) groups is 1. The lowest BCUT2D eigenvalue weighted by Crippen LogP contribution is -2.33. The number of nitrogens with zero attached hydrogens (tertiary/aromatic N) is 2. The summed E-state index contributed by atoms with van der Waals surface area (Å²) in [7, 11) is 0. The van der Waals surface area contributed by atoms with E-state index in [1.165, 1.54) is 5.56 Å². The lowest BCUT2D eigenvalue weighted by Gasteiger charge is -2.30. The van der Waals surface area contributed by atoms with Crippen LogP contribution in [0.15, 0.2) is 78.0 Å². The average Bonchev–Trinajstić information content (AvgIpc) is 2.69. The van der Waals surface area contributed by atoms with Crippen LogP contribution in [0.1, 0.15) is 40.9 Å². The predicted octanol–water partition coefficient (Wildman–Crippen LogP) is 4.32. The van der Waals surface area contributed by atoms with Gasteiger partial charge in [0.05, 0.1) is 0 Å². The van der Waals surface area contributed by atoms with Crippen molar-refractivity contribution in [2.45, 2.75) is 25.6 Å². The quantitative estimate of drug-likeness (QED) is 0.745. The van der Waals surface area contributed by atoms with Crippen LogP contribution in [0, 0.1) is 6.92 Å². The molecule has 1 aliphatic rings. The number of nitrogens with one attached hydrogen (secondary N) is 1. The number of pyridine rings is 1. The van der Waals surface area contributed by atoms with Crippen LogP contribution >= 0.6 is 0 Å². The fourth-order valence-electron chi connectivity index (χ4n) is 3.32. The summed E-state index contributed by atoms with van der Waals surface area (Å²) in [6.45, 7) is 2.08. The number of benzene rings is 2. The molecule has 0 fully saturated rings. The minimum Gasteiger partial charge on any atom is -0.508 e. The molecule has 2 heterocycles. The van der Waals surface area contributed by atoms with E-state index in [-0.39, 0.29) is 12.2 Å². The number of para-hydroxylation sites is 1. The molecule has 0 amide bonds. The molecule has 0 aliphatic carbocycles. The third-order valence-corrected chi connectivity index (χ3v) is 4.74. The van der Waals surface area contributed by atoms with Gasteiger partial charge in [-0.1, -0.05) is 54.1 Å². The van der Waals surface area contributed by atoms with Crippen molar-refractivity contribution >= 4 is 5.71 Å². The van der Waals surface area contributed by atoms with Gasteiger partial charge in [-0.05, 0) is 24.6 Å². The lowest BCUT2D eigenvalue weighted by atomic mass is 9.93. The summed E-state index contributed by atoms with van der Waals surface area (Å²) >= 11 is 0. The van der Waals surface area contributed by atoms with Crippen LogP contribution in [0.3, 0.4) is 0 Å². The lowest BCUT2D eigenvalue weighted by molar-refractivity contribution is 0.412. The molecule has 0 spiro atoms. The highest BCUT2D eigenvalue weighted by molar-refractivity contribution is 6.01. The highest BCUT2D eigenvalue weighted by Crippen LogP contribution is 2.34. The maximum atomic E-state index is 10.3. The minimum atomic E-state index is -0.196. The van der Waals surface area contributed by atoms with Crippen LogP contribution in [-0.2, 0) is 0 Å². The Labute approximate surface area is 153 Å². The van der Waals surface area contributed by atoms with E-state index >= 15 is 0 Å². The zero-order chi connectivity index (χ0) is 17.9. The summed E-state index contributed by atoms with van der Waals surface area (Å²) in [5, 5.41) is 13.9. The van der Waals surface area contributed by atoms with Gasteiger partial charge in [0.25, 0.3) is 0 Å². The number of rotatable bonds is 3. The van der Waals surface area contributed by atoms with E-state index in [0.29, 0.717) is 5.75 Å². The molecule has 4 nitrogen and oxygen atoms in total. The van der Waals surface area contributed by atoms with Crippen molar-refractivity contribution in [2.24, 2.45) is 4.99 Å². The Morgan fingerprint density at radius 3 is 2.54 bits per heavy atom. The molecular formula is C22H21N3O.